The van der Waals surface area contributed by atoms with Crippen LogP contribution in [0.25, 0.3) is 0 Å². The van der Waals surface area contributed by atoms with Crippen molar-refractivity contribution in [3.63, 3.8) is 0 Å². The number of halogens is 1. The molecular formula is C18H24ClN5O2. The van der Waals surface area contributed by atoms with Gasteiger partial charge in [-0.1, -0.05) is 11.6 Å². The van der Waals surface area contributed by atoms with Gasteiger partial charge >= 0.3 is 0 Å². The van der Waals surface area contributed by atoms with E-state index in [1.54, 1.807) is 13.2 Å². The molecule has 0 unspecified atom stereocenters. The highest BCUT2D eigenvalue weighted by atomic mass is 35.5. The first-order chi connectivity index (χ1) is 12.4. The van der Waals surface area contributed by atoms with Crippen molar-refractivity contribution in [2.75, 3.05) is 39.6 Å². The van der Waals surface area contributed by atoms with E-state index in [1.807, 2.05) is 27.1 Å². The standard InChI is InChI=1S/C18H24ClN5O2/c1-12-8-14(16(26-4)9-13(12)19)23-17-11-21-15(10-22-17)18(25)20-6-5-7-24(2)3/h8-11H,5-7H2,1-4H3,(H,20,25)(H,22,23). The number of carbonyl (C=O) groups is 1. The zero-order chi connectivity index (χ0) is 19.1. The van der Waals surface area contributed by atoms with Crippen molar-refractivity contribution in [2.45, 2.75) is 13.3 Å². The first kappa shape index (κ1) is 19.9. The van der Waals surface area contributed by atoms with Crippen LogP contribution in [-0.4, -0.2) is 55.1 Å². The summed E-state index contributed by atoms with van der Waals surface area (Å²) in [5.41, 5.74) is 1.92. The van der Waals surface area contributed by atoms with Crippen molar-refractivity contribution in [1.29, 1.82) is 0 Å². The highest BCUT2D eigenvalue weighted by Crippen LogP contribution is 2.32. The highest BCUT2D eigenvalue weighted by molar-refractivity contribution is 6.31. The summed E-state index contributed by atoms with van der Waals surface area (Å²) < 4.78 is 5.32. The third-order valence-corrected chi connectivity index (χ3v) is 4.10. The molecule has 0 aliphatic carbocycles. The van der Waals surface area contributed by atoms with Crippen LogP contribution >= 0.6 is 11.6 Å². The summed E-state index contributed by atoms with van der Waals surface area (Å²) in [6.07, 6.45) is 3.83. The molecule has 8 heteroatoms. The molecule has 2 aromatic rings. The normalized spacial score (nSPS) is 10.7. The summed E-state index contributed by atoms with van der Waals surface area (Å²) in [6, 6.07) is 3.61. The van der Waals surface area contributed by atoms with E-state index in [0.717, 1.165) is 24.2 Å². The van der Waals surface area contributed by atoms with Gasteiger partial charge in [-0.05, 0) is 45.6 Å². The molecule has 7 nitrogen and oxygen atoms in total. The minimum absolute atomic E-state index is 0.234. The van der Waals surface area contributed by atoms with Crippen LogP contribution in [0.1, 0.15) is 22.5 Å². The molecule has 1 aromatic carbocycles. The van der Waals surface area contributed by atoms with Crippen LogP contribution in [0, 0.1) is 6.92 Å². The lowest BCUT2D eigenvalue weighted by molar-refractivity contribution is 0.0947. The van der Waals surface area contributed by atoms with Gasteiger partial charge in [0.15, 0.2) is 0 Å². The molecule has 0 bridgehead atoms. The van der Waals surface area contributed by atoms with Gasteiger partial charge in [-0.15, -0.1) is 0 Å². The van der Waals surface area contributed by atoms with E-state index < -0.39 is 0 Å². The van der Waals surface area contributed by atoms with Gasteiger partial charge in [0.25, 0.3) is 5.91 Å². The third kappa shape index (κ3) is 5.57. The van der Waals surface area contributed by atoms with E-state index in [-0.39, 0.29) is 11.6 Å². The van der Waals surface area contributed by atoms with Gasteiger partial charge in [-0.25, -0.2) is 9.97 Å². The van der Waals surface area contributed by atoms with E-state index in [9.17, 15) is 4.79 Å². The Bertz CT molecular complexity index is 750. The number of carbonyl (C=O) groups excluding carboxylic acids is 1. The van der Waals surface area contributed by atoms with Gasteiger partial charge in [0.2, 0.25) is 0 Å². The molecule has 2 rings (SSSR count). The van der Waals surface area contributed by atoms with Crippen molar-refractivity contribution >= 4 is 29.0 Å². The predicted octanol–water partition coefficient (Wildman–Crippen LogP) is 2.87. The molecule has 140 valence electrons. The van der Waals surface area contributed by atoms with E-state index in [2.05, 4.69) is 25.5 Å². The summed E-state index contributed by atoms with van der Waals surface area (Å²) in [5, 5.41) is 6.58. The fourth-order valence-corrected chi connectivity index (χ4v) is 2.42. The topological polar surface area (TPSA) is 79.4 Å². The van der Waals surface area contributed by atoms with Crippen LogP contribution in [0.5, 0.6) is 5.75 Å². The zero-order valence-electron chi connectivity index (χ0n) is 15.5. The van der Waals surface area contributed by atoms with E-state index >= 15 is 0 Å². The fourth-order valence-electron chi connectivity index (χ4n) is 2.27. The van der Waals surface area contributed by atoms with Crippen LogP contribution in [0.4, 0.5) is 11.5 Å². The van der Waals surface area contributed by atoms with Crippen LogP contribution in [0.15, 0.2) is 24.5 Å². The average Bonchev–Trinajstić information content (AvgIpc) is 2.62. The molecule has 2 N–H and O–H groups in total. The molecule has 0 saturated carbocycles. The van der Waals surface area contributed by atoms with Gasteiger partial charge < -0.3 is 20.3 Å². The van der Waals surface area contributed by atoms with Gasteiger partial charge in [0, 0.05) is 17.6 Å². The lowest BCUT2D eigenvalue weighted by Gasteiger charge is -2.13. The molecule has 0 aliphatic heterocycles. The number of aromatic nitrogens is 2. The zero-order valence-corrected chi connectivity index (χ0v) is 16.2. The largest absolute Gasteiger partial charge is 0.495 e. The number of methoxy groups -OCH3 is 1. The summed E-state index contributed by atoms with van der Waals surface area (Å²) >= 11 is 6.11. The molecule has 26 heavy (non-hydrogen) atoms. The predicted molar refractivity (Wildman–Crippen MR) is 104 cm³/mol. The van der Waals surface area contributed by atoms with Crippen LogP contribution in [0.2, 0.25) is 5.02 Å². The monoisotopic (exact) mass is 377 g/mol. The summed E-state index contributed by atoms with van der Waals surface area (Å²) in [5.74, 6) is 0.877. The molecule has 0 spiro atoms. The Labute approximate surface area is 158 Å². The Morgan fingerprint density at radius 2 is 2.04 bits per heavy atom. The number of nitrogens with zero attached hydrogens (tertiary/aromatic N) is 3. The number of amides is 1. The number of benzene rings is 1. The number of anilines is 2. The molecule has 0 saturated heterocycles. The lowest BCUT2D eigenvalue weighted by Crippen LogP contribution is -2.27. The molecule has 0 fully saturated rings. The van der Waals surface area contributed by atoms with Gasteiger partial charge in [-0.3, -0.25) is 4.79 Å². The Balaban J connectivity index is 1.99. The fraction of sp³-hybridized carbons (Fsp3) is 0.389. The molecule has 0 atom stereocenters. The van der Waals surface area contributed by atoms with Crippen LogP contribution in [-0.2, 0) is 0 Å². The molecule has 0 radical (unpaired) electrons. The van der Waals surface area contributed by atoms with Crippen molar-refractivity contribution < 1.29 is 9.53 Å². The van der Waals surface area contributed by atoms with Gasteiger partial charge in [0.05, 0.1) is 25.2 Å². The SMILES string of the molecule is COc1cc(Cl)c(C)cc1Nc1cnc(C(=O)NCCCN(C)C)cn1. The second kappa shape index (κ2) is 9.35. The van der Waals surface area contributed by atoms with Gasteiger partial charge in [-0.2, -0.15) is 0 Å². The number of hydrogen-bond donors (Lipinski definition) is 2. The summed E-state index contributed by atoms with van der Waals surface area (Å²) in [6.45, 7) is 3.42. The second-order valence-corrected chi connectivity index (χ2v) is 6.53. The lowest BCUT2D eigenvalue weighted by atomic mass is 10.2. The first-order valence-corrected chi connectivity index (χ1v) is 8.64. The number of rotatable bonds is 8. The summed E-state index contributed by atoms with van der Waals surface area (Å²) in [7, 11) is 5.56. The van der Waals surface area contributed by atoms with E-state index in [4.69, 9.17) is 16.3 Å². The third-order valence-electron chi connectivity index (χ3n) is 3.70. The molecule has 0 aliphatic rings. The minimum Gasteiger partial charge on any atom is -0.495 e. The van der Waals surface area contributed by atoms with E-state index in [0.29, 0.717) is 23.1 Å². The number of aryl methyl sites for hydroxylation is 1. The Morgan fingerprint density at radius 1 is 1.27 bits per heavy atom. The van der Waals surface area contributed by atoms with Crippen LogP contribution in [0.3, 0.4) is 0 Å². The van der Waals surface area contributed by atoms with Crippen molar-refractivity contribution in [2.24, 2.45) is 0 Å². The Morgan fingerprint density at radius 3 is 2.65 bits per heavy atom. The first-order valence-electron chi connectivity index (χ1n) is 8.27. The quantitative estimate of drug-likeness (QED) is 0.688. The van der Waals surface area contributed by atoms with Crippen molar-refractivity contribution in [3.8, 4) is 5.75 Å². The van der Waals surface area contributed by atoms with Crippen molar-refractivity contribution in [3.05, 3.63) is 40.8 Å². The number of nitrogens with one attached hydrogen (secondary N) is 2. The maximum absolute atomic E-state index is 12.1. The van der Waals surface area contributed by atoms with Crippen molar-refractivity contribution in [1.82, 2.24) is 20.2 Å². The van der Waals surface area contributed by atoms with E-state index in [1.165, 1.54) is 12.4 Å². The van der Waals surface area contributed by atoms with Crippen LogP contribution < -0.4 is 15.4 Å². The minimum atomic E-state index is -0.234. The highest BCUT2D eigenvalue weighted by Gasteiger charge is 2.10. The average molecular weight is 378 g/mol. The number of hydrogen-bond acceptors (Lipinski definition) is 6. The smallest absolute Gasteiger partial charge is 0.271 e. The molecule has 1 amide bonds. The molecular weight excluding hydrogens is 354 g/mol. The Hall–Kier alpha value is -2.38. The second-order valence-electron chi connectivity index (χ2n) is 6.13. The van der Waals surface area contributed by atoms with Gasteiger partial charge in [0.1, 0.15) is 17.3 Å². The molecule has 1 heterocycles. The maximum atomic E-state index is 12.1. The molecule has 1 aromatic heterocycles. The maximum Gasteiger partial charge on any atom is 0.271 e. The summed E-state index contributed by atoms with van der Waals surface area (Å²) in [4.78, 5) is 22.5. The number of ether oxygens (including phenoxy) is 1. The Kier molecular flexibility index (Phi) is 7.17.